The maximum absolute atomic E-state index is 16.3. The normalized spacial score (nSPS) is 24.7. The average Bonchev–Trinajstić information content (AvgIpc) is 3.36. The molecule has 4 bridgehead atoms. The monoisotopic (exact) mass is 599 g/mol. The number of aromatic nitrogens is 2. The molecule has 4 heterocycles. The molecule has 222 valence electrons. The summed E-state index contributed by atoms with van der Waals surface area (Å²) in [5.41, 5.74) is 4.24. The number of anilines is 1. The highest BCUT2D eigenvalue weighted by Gasteiger charge is 2.35. The van der Waals surface area contributed by atoms with Crippen molar-refractivity contribution >= 4 is 34.4 Å². The van der Waals surface area contributed by atoms with Crippen molar-refractivity contribution in [3.8, 4) is 29.5 Å². The lowest BCUT2D eigenvalue weighted by atomic mass is 9.86. The average molecular weight is 600 g/mol. The molecule has 2 N–H and O–H groups in total. The number of ether oxygens (including phenoxy) is 2. The summed E-state index contributed by atoms with van der Waals surface area (Å²) in [6, 6.07) is 9.00. The van der Waals surface area contributed by atoms with Crippen molar-refractivity contribution in [3.63, 3.8) is 0 Å². The first-order valence-electron chi connectivity index (χ1n) is 15.1. The van der Waals surface area contributed by atoms with Crippen molar-refractivity contribution in [1.82, 2.24) is 20.6 Å². The molecule has 2 saturated heterocycles. The van der Waals surface area contributed by atoms with Crippen molar-refractivity contribution in [2.45, 2.75) is 50.0 Å². The van der Waals surface area contributed by atoms with Gasteiger partial charge in [-0.3, -0.25) is 0 Å². The summed E-state index contributed by atoms with van der Waals surface area (Å²) in [7, 11) is 0. The van der Waals surface area contributed by atoms with Crippen LogP contribution < -0.4 is 20.3 Å². The second-order valence-corrected chi connectivity index (χ2v) is 12.1. The van der Waals surface area contributed by atoms with Gasteiger partial charge in [-0.25, -0.2) is 4.39 Å². The highest BCUT2D eigenvalue weighted by atomic mass is 35.5. The van der Waals surface area contributed by atoms with Crippen LogP contribution in [0.25, 0.3) is 28.1 Å². The first-order valence-corrected chi connectivity index (χ1v) is 15.5. The highest BCUT2D eigenvalue weighted by Crippen LogP contribution is 2.46. The molecule has 1 aromatic heterocycles. The summed E-state index contributed by atoms with van der Waals surface area (Å²) in [5.74, 6) is 3.50. The topological polar surface area (TPSA) is 71.5 Å². The van der Waals surface area contributed by atoms with E-state index in [0.717, 1.165) is 66.8 Å². The lowest BCUT2D eigenvalue weighted by Crippen LogP contribution is -2.51. The highest BCUT2D eigenvalue weighted by molar-refractivity contribution is 6.35. The van der Waals surface area contributed by atoms with Crippen molar-refractivity contribution < 1.29 is 13.9 Å². The van der Waals surface area contributed by atoms with E-state index in [9.17, 15) is 0 Å². The number of halogens is 2. The zero-order chi connectivity index (χ0) is 29.3. The fraction of sp³-hybridized carbons (Fsp3) is 0.412. The first-order chi connectivity index (χ1) is 21.1. The predicted molar refractivity (Wildman–Crippen MR) is 169 cm³/mol. The molecule has 9 heteroatoms. The Hall–Kier alpha value is -3.48. The standard InChI is InChI=1S/C34H35ClFN5O2/c1-2-6-25-21-7-3-9-26(25)30-28(35)17-27-32(31(30)29(36)13-10-21)39-34(43-16-5-14-37-24-8-4-15-42-20-24)40-33(27)41-18-22-11-12-23(19-41)38-22/h1,3-4,7-10,13,17,22-24,29,37-38H,5-6,11-12,14-16,18-20H2/b13-10-. The number of fused-ring (bicyclic) bond motifs is 8. The number of piperazine rings is 1. The molecule has 3 aliphatic heterocycles. The largest absolute Gasteiger partial charge is 0.463 e. The molecule has 0 radical (unpaired) electrons. The van der Waals surface area contributed by atoms with Crippen LogP contribution in [-0.2, 0) is 11.2 Å². The zero-order valence-electron chi connectivity index (χ0n) is 24.0. The van der Waals surface area contributed by atoms with E-state index in [2.05, 4.69) is 27.5 Å². The molecule has 3 aromatic rings. The maximum atomic E-state index is 16.3. The number of hydrogen-bond acceptors (Lipinski definition) is 7. The Kier molecular flexibility index (Phi) is 8.07. The second kappa shape index (κ2) is 12.3. The Labute approximate surface area is 256 Å². The van der Waals surface area contributed by atoms with Gasteiger partial charge in [-0.2, -0.15) is 9.97 Å². The summed E-state index contributed by atoms with van der Waals surface area (Å²) in [6.07, 6.45) is 15.3. The third-order valence-electron chi connectivity index (χ3n) is 8.78. The van der Waals surface area contributed by atoms with Crippen LogP contribution in [0.1, 0.15) is 42.1 Å². The van der Waals surface area contributed by atoms with Crippen molar-refractivity contribution in [2.75, 3.05) is 44.4 Å². The van der Waals surface area contributed by atoms with Crippen LogP contribution in [0.2, 0.25) is 5.02 Å². The molecular weight excluding hydrogens is 565 g/mol. The van der Waals surface area contributed by atoms with Crippen molar-refractivity contribution in [3.05, 3.63) is 64.2 Å². The molecule has 0 saturated carbocycles. The van der Waals surface area contributed by atoms with Gasteiger partial charge in [-0.1, -0.05) is 48.0 Å². The Morgan fingerprint density at radius 2 is 2.07 bits per heavy atom. The van der Waals surface area contributed by atoms with E-state index >= 15 is 4.39 Å². The summed E-state index contributed by atoms with van der Waals surface area (Å²) in [4.78, 5) is 12.1. The van der Waals surface area contributed by atoms with E-state index in [1.165, 1.54) is 0 Å². The van der Waals surface area contributed by atoms with Crippen molar-refractivity contribution in [2.24, 2.45) is 0 Å². The fourth-order valence-electron chi connectivity index (χ4n) is 6.81. The molecule has 7 nitrogen and oxygen atoms in total. The molecular formula is C34H35ClFN5O2. The number of benzene rings is 2. The van der Waals surface area contributed by atoms with Gasteiger partial charge in [0.05, 0.1) is 25.3 Å². The van der Waals surface area contributed by atoms with Gasteiger partial charge >= 0.3 is 6.01 Å². The van der Waals surface area contributed by atoms with Gasteiger partial charge in [-0.05, 0) is 54.6 Å². The van der Waals surface area contributed by atoms with E-state index in [0.29, 0.717) is 60.0 Å². The van der Waals surface area contributed by atoms with Gasteiger partial charge < -0.3 is 25.0 Å². The minimum absolute atomic E-state index is 0.206. The third-order valence-corrected chi connectivity index (χ3v) is 9.07. The van der Waals surface area contributed by atoms with Gasteiger partial charge in [0.2, 0.25) is 0 Å². The number of allylic oxidation sites excluding steroid dienone is 1. The quantitative estimate of drug-likeness (QED) is 0.204. The molecule has 4 unspecified atom stereocenters. The molecule has 2 aromatic carbocycles. The molecule has 4 atom stereocenters. The molecule has 43 heavy (non-hydrogen) atoms. The summed E-state index contributed by atoms with van der Waals surface area (Å²) in [6.45, 7) is 4.13. The second-order valence-electron chi connectivity index (χ2n) is 11.7. The SMILES string of the molecule is C#CCc1c2cccc1-c1c(Cl)cc3c(N4CC5CCC(C4)N5)nc(OCCCNC4C=CCOC4)nc3c1C(F)/C=C\2. The number of alkyl halides is 1. The lowest BCUT2D eigenvalue weighted by molar-refractivity contribution is 0.136. The fourth-order valence-corrected chi connectivity index (χ4v) is 7.12. The van der Waals surface area contributed by atoms with E-state index in [1.807, 2.05) is 36.4 Å². The van der Waals surface area contributed by atoms with Crippen LogP contribution in [-0.4, -0.2) is 67.5 Å². The van der Waals surface area contributed by atoms with Crippen LogP contribution >= 0.6 is 11.6 Å². The smallest absolute Gasteiger partial charge is 0.318 e. The Morgan fingerprint density at radius 3 is 2.86 bits per heavy atom. The molecule has 0 amide bonds. The van der Waals surface area contributed by atoms with Gasteiger partial charge in [0, 0.05) is 59.2 Å². The van der Waals surface area contributed by atoms with E-state index in [4.69, 9.17) is 37.5 Å². The molecule has 1 aliphatic carbocycles. The number of rotatable bonds is 8. The van der Waals surface area contributed by atoms with Gasteiger partial charge in [-0.15, -0.1) is 12.3 Å². The van der Waals surface area contributed by atoms with E-state index in [-0.39, 0.29) is 12.1 Å². The maximum Gasteiger partial charge on any atom is 0.318 e. The molecule has 4 aliphatic rings. The predicted octanol–water partition coefficient (Wildman–Crippen LogP) is 5.42. The number of nitrogens with zero attached hydrogens (tertiary/aromatic N) is 3. The van der Waals surface area contributed by atoms with Gasteiger partial charge in [0.25, 0.3) is 0 Å². The van der Waals surface area contributed by atoms with Crippen LogP contribution in [0.15, 0.2) is 42.5 Å². The van der Waals surface area contributed by atoms with Gasteiger partial charge in [0.1, 0.15) is 12.0 Å². The Morgan fingerprint density at radius 1 is 1.21 bits per heavy atom. The third kappa shape index (κ3) is 5.63. The minimum atomic E-state index is -1.43. The van der Waals surface area contributed by atoms with Crippen LogP contribution in [0.3, 0.4) is 0 Å². The summed E-state index contributed by atoms with van der Waals surface area (Å²) in [5, 5.41) is 8.34. The van der Waals surface area contributed by atoms with Crippen molar-refractivity contribution in [1.29, 1.82) is 0 Å². The summed E-state index contributed by atoms with van der Waals surface area (Å²) >= 11 is 7.06. The Balaban J connectivity index is 1.30. The number of terminal acetylenes is 1. The van der Waals surface area contributed by atoms with E-state index in [1.54, 1.807) is 6.08 Å². The molecule has 2 fully saturated rings. The lowest BCUT2D eigenvalue weighted by Gasteiger charge is -2.34. The van der Waals surface area contributed by atoms with Crippen LogP contribution in [0, 0.1) is 12.3 Å². The Bertz CT molecular complexity index is 1620. The zero-order valence-corrected chi connectivity index (χ0v) is 24.7. The molecule has 7 rings (SSSR count). The van der Waals surface area contributed by atoms with Crippen LogP contribution in [0.5, 0.6) is 6.01 Å². The molecule has 0 spiro atoms. The number of hydrogen-bond donors (Lipinski definition) is 2. The number of nitrogens with one attached hydrogen (secondary N) is 2. The first kappa shape index (κ1) is 28.3. The minimum Gasteiger partial charge on any atom is -0.463 e. The summed E-state index contributed by atoms with van der Waals surface area (Å²) < 4.78 is 28.0. The van der Waals surface area contributed by atoms with E-state index < -0.39 is 6.17 Å². The van der Waals surface area contributed by atoms with Gasteiger partial charge in [0.15, 0.2) is 0 Å². The van der Waals surface area contributed by atoms with Crippen LogP contribution in [0.4, 0.5) is 10.2 Å².